The van der Waals surface area contributed by atoms with Crippen LogP contribution in [0.5, 0.6) is 5.75 Å². The lowest BCUT2D eigenvalue weighted by molar-refractivity contribution is 0.238. The number of anilines is 2. The van der Waals surface area contributed by atoms with Crippen LogP contribution < -0.4 is 9.64 Å². The molecule has 154 valence electrons. The van der Waals surface area contributed by atoms with E-state index in [-0.39, 0.29) is 0 Å². The fourth-order valence-corrected chi connectivity index (χ4v) is 4.86. The first-order valence-electron chi connectivity index (χ1n) is 11.3. The third-order valence-corrected chi connectivity index (χ3v) is 6.42. The van der Waals surface area contributed by atoms with Crippen molar-refractivity contribution in [1.29, 1.82) is 0 Å². The Morgan fingerprint density at radius 1 is 0.800 bits per heavy atom. The number of nitrogens with zero attached hydrogens (tertiary/aromatic N) is 2. The number of benzene rings is 3. The molecule has 1 saturated heterocycles. The average molecular weight is 399 g/mol. The minimum atomic E-state index is 0.350. The van der Waals surface area contributed by atoms with E-state index >= 15 is 0 Å². The van der Waals surface area contributed by atoms with E-state index in [0.29, 0.717) is 6.04 Å². The molecule has 0 radical (unpaired) electrons. The maximum Gasteiger partial charge on any atom is 0.119 e. The zero-order valence-electron chi connectivity index (χ0n) is 17.5. The summed E-state index contributed by atoms with van der Waals surface area (Å²) < 4.78 is 6.03. The van der Waals surface area contributed by atoms with E-state index < -0.39 is 0 Å². The molecule has 3 aromatic carbocycles. The van der Waals surface area contributed by atoms with Gasteiger partial charge >= 0.3 is 0 Å². The first kappa shape index (κ1) is 19.2. The second kappa shape index (κ2) is 8.93. The molecule has 3 heteroatoms. The van der Waals surface area contributed by atoms with Gasteiger partial charge < -0.3 is 9.64 Å². The van der Waals surface area contributed by atoms with Crippen molar-refractivity contribution in [1.82, 2.24) is 4.90 Å². The number of rotatable bonds is 6. The summed E-state index contributed by atoms with van der Waals surface area (Å²) in [5.74, 6) is 0.958. The summed E-state index contributed by atoms with van der Waals surface area (Å²) in [4.78, 5) is 4.99. The van der Waals surface area contributed by atoms with E-state index in [1.54, 1.807) is 0 Å². The van der Waals surface area contributed by atoms with E-state index in [1.165, 1.54) is 48.4 Å². The molecule has 5 rings (SSSR count). The highest BCUT2D eigenvalue weighted by Gasteiger charge is 2.28. The average Bonchev–Trinajstić information content (AvgIpc) is 3.33. The van der Waals surface area contributed by atoms with Crippen molar-refractivity contribution < 1.29 is 4.74 Å². The van der Waals surface area contributed by atoms with E-state index in [9.17, 15) is 0 Å². The van der Waals surface area contributed by atoms with Gasteiger partial charge in [-0.1, -0.05) is 48.5 Å². The van der Waals surface area contributed by atoms with Gasteiger partial charge in [-0.05, 0) is 80.2 Å². The summed E-state index contributed by atoms with van der Waals surface area (Å²) in [5, 5.41) is 0. The van der Waals surface area contributed by atoms with Gasteiger partial charge in [0, 0.05) is 17.9 Å². The predicted molar refractivity (Wildman–Crippen MR) is 124 cm³/mol. The molecule has 30 heavy (non-hydrogen) atoms. The van der Waals surface area contributed by atoms with Crippen LogP contribution in [0.1, 0.15) is 36.4 Å². The van der Waals surface area contributed by atoms with Crippen LogP contribution in [0.2, 0.25) is 0 Å². The van der Waals surface area contributed by atoms with Crippen LogP contribution in [0.4, 0.5) is 11.4 Å². The number of para-hydroxylation sites is 1. The molecule has 0 bridgehead atoms. The molecule has 0 aromatic heterocycles. The molecule has 2 heterocycles. The SMILES string of the molecule is c1ccc(C2CCc3ccccc3N2c2ccc(OCCN3CCCC3)cc2)cc1. The number of hydrogen-bond donors (Lipinski definition) is 0. The second-order valence-electron chi connectivity index (χ2n) is 8.35. The highest BCUT2D eigenvalue weighted by Crippen LogP contribution is 2.43. The van der Waals surface area contributed by atoms with Crippen molar-refractivity contribution in [3.05, 3.63) is 90.0 Å². The van der Waals surface area contributed by atoms with Gasteiger partial charge in [0.2, 0.25) is 0 Å². The third kappa shape index (κ3) is 4.08. The predicted octanol–water partition coefficient (Wildman–Crippen LogP) is 5.99. The fraction of sp³-hybridized carbons (Fsp3) is 0.333. The van der Waals surface area contributed by atoms with E-state index in [1.807, 2.05) is 0 Å². The largest absolute Gasteiger partial charge is 0.492 e. The van der Waals surface area contributed by atoms with E-state index in [0.717, 1.165) is 31.7 Å². The minimum Gasteiger partial charge on any atom is -0.492 e. The number of hydrogen-bond acceptors (Lipinski definition) is 3. The van der Waals surface area contributed by atoms with Crippen molar-refractivity contribution in [2.24, 2.45) is 0 Å². The molecule has 2 aliphatic rings. The normalized spacial score (nSPS) is 18.9. The summed E-state index contributed by atoms with van der Waals surface area (Å²) in [6, 6.07) is 28.7. The molecule has 1 unspecified atom stereocenters. The molecular weight excluding hydrogens is 368 g/mol. The molecule has 0 aliphatic carbocycles. The lowest BCUT2D eigenvalue weighted by atomic mass is 9.90. The van der Waals surface area contributed by atoms with Crippen LogP contribution in [0.15, 0.2) is 78.9 Å². The lowest BCUT2D eigenvalue weighted by Crippen LogP contribution is -2.29. The maximum absolute atomic E-state index is 6.03. The van der Waals surface area contributed by atoms with Gasteiger partial charge in [-0.15, -0.1) is 0 Å². The Balaban J connectivity index is 1.37. The summed E-state index contributed by atoms with van der Waals surface area (Å²) in [7, 11) is 0. The Bertz CT molecular complexity index is 948. The fourth-order valence-electron chi connectivity index (χ4n) is 4.86. The van der Waals surface area contributed by atoms with Crippen LogP contribution in [-0.2, 0) is 6.42 Å². The monoisotopic (exact) mass is 398 g/mol. The molecule has 1 atom stereocenters. The second-order valence-corrected chi connectivity index (χ2v) is 8.35. The van der Waals surface area contributed by atoms with Crippen molar-refractivity contribution in [3.8, 4) is 5.75 Å². The Morgan fingerprint density at radius 3 is 2.33 bits per heavy atom. The van der Waals surface area contributed by atoms with E-state index in [4.69, 9.17) is 4.74 Å². The van der Waals surface area contributed by atoms with Gasteiger partial charge in [-0.25, -0.2) is 0 Å². The summed E-state index contributed by atoms with van der Waals surface area (Å²) in [6.07, 6.45) is 4.89. The number of likely N-dealkylation sites (tertiary alicyclic amines) is 1. The van der Waals surface area contributed by atoms with Crippen molar-refractivity contribution in [2.75, 3.05) is 31.1 Å². The molecule has 0 saturated carbocycles. The van der Waals surface area contributed by atoms with Gasteiger partial charge in [0.25, 0.3) is 0 Å². The Kier molecular flexibility index (Phi) is 5.71. The highest BCUT2D eigenvalue weighted by molar-refractivity contribution is 5.70. The molecule has 0 amide bonds. The topological polar surface area (TPSA) is 15.7 Å². The van der Waals surface area contributed by atoms with Gasteiger partial charge in [0.05, 0.1) is 6.04 Å². The zero-order valence-corrected chi connectivity index (χ0v) is 17.5. The minimum absolute atomic E-state index is 0.350. The Hall–Kier alpha value is -2.78. The smallest absolute Gasteiger partial charge is 0.119 e. The number of fused-ring (bicyclic) bond motifs is 1. The van der Waals surface area contributed by atoms with Gasteiger partial charge in [0.15, 0.2) is 0 Å². The van der Waals surface area contributed by atoms with Crippen molar-refractivity contribution in [2.45, 2.75) is 31.7 Å². The molecule has 0 N–H and O–H groups in total. The Morgan fingerprint density at radius 2 is 1.53 bits per heavy atom. The van der Waals surface area contributed by atoms with Crippen molar-refractivity contribution in [3.63, 3.8) is 0 Å². The van der Waals surface area contributed by atoms with Crippen LogP contribution in [0.25, 0.3) is 0 Å². The standard InChI is InChI=1S/C27H30N2O/c1-2-8-22(9-3-1)27-17-12-23-10-4-5-11-26(23)29(27)24-13-15-25(16-14-24)30-21-20-28-18-6-7-19-28/h1-5,8-11,13-16,27H,6-7,12,17-21H2. The number of aryl methyl sites for hydroxylation is 1. The maximum atomic E-state index is 6.03. The van der Waals surface area contributed by atoms with Gasteiger partial charge in [-0.2, -0.15) is 0 Å². The quantitative estimate of drug-likeness (QED) is 0.507. The van der Waals surface area contributed by atoms with Crippen molar-refractivity contribution >= 4 is 11.4 Å². The van der Waals surface area contributed by atoms with Crippen LogP contribution in [0.3, 0.4) is 0 Å². The van der Waals surface area contributed by atoms with Gasteiger partial charge in [-0.3, -0.25) is 4.90 Å². The Labute approximate surface area is 179 Å². The zero-order chi connectivity index (χ0) is 20.2. The summed E-state index contributed by atoms with van der Waals surface area (Å²) >= 11 is 0. The van der Waals surface area contributed by atoms with Gasteiger partial charge in [0.1, 0.15) is 12.4 Å². The first-order valence-corrected chi connectivity index (χ1v) is 11.3. The van der Waals surface area contributed by atoms with E-state index in [2.05, 4.69) is 88.7 Å². The third-order valence-electron chi connectivity index (χ3n) is 6.42. The number of ether oxygens (including phenoxy) is 1. The molecule has 1 fully saturated rings. The molecule has 0 spiro atoms. The van der Waals surface area contributed by atoms with Crippen LogP contribution in [0, 0.1) is 0 Å². The summed E-state index contributed by atoms with van der Waals surface area (Å²) in [6.45, 7) is 4.23. The molecule has 2 aliphatic heterocycles. The molecular formula is C27H30N2O. The van der Waals surface area contributed by atoms with Crippen LogP contribution in [-0.4, -0.2) is 31.1 Å². The van der Waals surface area contributed by atoms with Crippen LogP contribution >= 0.6 is 0 Å². The molecule has 3 nitrogen and oxygen atoms in total. The highest BCUT2D eigenvalue weighted by atomic mass is 16.5. The molecule has 3 aromatic rings. The first-order chi connectivity index (χ1) is 14.9. The lowest BCUT2D eigenvalue weighted by Gasteiger charge is -2.39. The summed E-state index contributed by atoms with van der Waals surface area (Å²) in [5.41, 5.74) is 5.34.